The van der Waals surface area contributed by atoms with E-state index in [4.69, 9.17) is 9.73 Å². The average molecular weight is 352 g/mol. The minimum Gasteiger partial charge on any atom is -0.496 e. The van der Waals surface area contributed by atoms with E-state index in [1.807, 2.05) is 37.4 Å². The molecule has 3 aromatic rings. The molecule has 2 N–H and O–H groups in total. The van der Waals surface area contributed by atoms with Crippen LogP contribution in [-0.2, 0) is 0 Å². The van der Waals surface area contributed by atoms with Gasteiger partial charge in [-0.25, -0.2) is 15.0 Å². The number of thioether (sulfide) groups is 1. The van der Waals surface area contributed by atoms with E-state index in [1.165, 1.54) is 11.8 Å². The van der Waals surface area contributed by atoms with E-state index in [2.05, 4.69) is 25.5 Å². The van der Waals surface area contributed by atoms with Crippen LogP contribution >= 0.6 is 11.8 Å². The highest BCUT2D eigenvalue weighted by Gasteiger charge is 2.24. The summed E-state index contributed by atoms with van der Waals surface area (Å²) in [6.07, 6.45) is 3.73. The van der Waals surface area contributed by atoms with Gasteiger partial charge in [0, 0.05) is 11.8 Å². The van der Waals surface area contributed by atoms with Crippen molar-refractivity contribution in [2.75, 3.05) is 18.7 Å². The second-order valence-corrected chi connectivity index (χ2v) is 6.22. The molecule has 7 nitrogen and oxygen atoms in total. The van der Waals surface area contributed by atoms with E-state index < -0.39 is 0 Å². The molecule has 0 fully saturated rings. The number of aliphatic imine (C=N–C) groups is 1. The predicted octanol–water partition coefficient (Wildman–Crippen LogP) is 3.46. The predicted molar refractivity (Wildman–Crippen MR) is 98.7 cm³/mol. The molecule has 1 aliphatic heterocycles. The summed E-state index contributed by atoms with van der Waals surface area (Å²) in [5, 5.41) is 11.2. The molecule has 0 unspecified atom stereocenters. The first-order chi connectivity index (χ1) is 12.2. The smallest absolute Gasteiger partial charge is 0.189 e. The molecule has 1 aromatic carbocycles. The fourth-order valence-electron chi connectivity index (χ4n) is 2.71. The first-order valence-electron chi connectivity index (χ1n) is 7.66. The summed E-state index contributed by atoms with van der Waals surface area (Å²) in [7, 11) is 1.65. The van der Waals surface area contributed by atoms with E-state index in [-0.39, 0.29) is 0 Å². The molecule has 4 rings (SSSR count). The molecule has 25 heavy (non-hydrogen) atoms. The van der Waals surface area contributed by atoms with Gasteiger partial charge >= 0.3 is 0 Å². The Balaban J connectivity index is 2.01. The topological polar surface area (TPSA) is 88.1 Å². The summed E-state index contributed by atoms with van der Waals surface area (Å²) in [6.45, 7) is 1.94. The van der Waals surface area contributed by atoms with Crippen LogP contribution in [-0.4, -0.2) is 39.2 Å². The normalized spacial score (nSPS) is 12.5. The molecule has 0 amide bonds. The molecule has 0 spiro atoms. The molecule has 1 aliphatic rings. The van der Waals surface area contributed by atoms with Crippen molar-refractivity contribution in [3.05, 3.63) is 47.3 Å². The lowest BCUT2D eigenvalue weighted by Crippen LogP contribution is -2.09. The monoisotopic (exact) mass is 352 g/mol. The lowest BCUT2D eigenvalue weighted by molar-refractivity contribution is 0.414. The largest absolute Gasteiger partial charge is 0.496 e. The Morgan fingerprint density at radius 1 is 1.12 bits per heavy atom. The Hall–Kier alpha value is -2.87. The summed E-state index contributed by atoms with van der Waals surface area (Å²) in [4.78, 5) is 13.9. The van der Waals surface area contributed by atoms with Crippen molar-refractivity contribution < 1.29 is 4.74 Å². The highest BCUT2D eigenvalue weighted by Crippen LogP contribution is 2.37. The van der Waals surface area contributed by atoms with Gasteiger partial charge in [-0.05, 0) is 25.3 Å². The van der Waals surface area contributed by atoms with Crippen LogP contribution < -0.4 is 10.1 Å². The van der Waals surface area contributed by atoms with Crippen molar-refractivity contribution >= 4 is 34.8 Å². The number of H-pyrrole nitrogens is 1. The number of ether oxygens (including phenoxy) is 1. The maximum absolute atomic E-state index is 5.53. The number of aromatic nitrogens is 4. The fraction of sp³-hybridized carbons (Fsp3) is 0.176. The van der Waals surface area contributed by atoms with Crippen LogP contribution in [0.5, 0.6) is 5.75 Å². The number of aromatic amines is 1. The van der Waals surface area contributed by atoms with Crippen LogP contribution in [0.2, 0.25) is 0 Å². The summed E-state index contributed by atoms with van der Waals surface area (Å²) in [6, 6.07) is 7.78. The van der Waals surface area contributed by atoms with Crippen molar-refractivity contribution in [3.8, 4) is 5.75 Å². The van der Waals surface area contributed by atoms with Gasteiger partial charge in [0.15, 0.2) is 11.0 Å². The van der Waals surface area contributed by atoms with Crippen LogP contribution in [0.15, 0.2) is 40.6 Å². The van der Waals surface area contributed by atoms with E-state index >= 15 is 0 Å². The number of anilines is 2. The second kappa shape index (κ2) is 6.21. The SMILES string of the molecule is COc1ccccc1C1=Nc2c(n[nH]c2C)Nc2nc(SC)ncc21. The third-order valence-corrected chi connectivity index (χ3v) is 4.50. The highest BCUT2D eigenvalue weighted by molar-refractivity contribution is 7.98. The maximum Gasteiger partial charge on any atom is 0.189 e. The number of benzene rings is 1. The number of hydrogen-bond acceptors (Lipinski definition) is 7. The van der Waals surface area contributed by atoms with Gasteiger partial charge in [-0.15, -0.1) is 0 Å². The highest BCUT2D eigenvalue weighted by atomic mass is 32.2. The van der Waals surface area contributed by atoms with Crippen molar-refractivity contribution in [2.45, 2.75) is 12.1 Å². The van der Waals surface area contributed by atoms with Gasteiger partial charge < -0.3 is 10.1 Å². The van der Waals surface area contributed by atoms with Crippen LogP contribution in [0, 0.1) is 6.92 Å². The molecule has 0 radical (unpaired) electrons. The number of nitrogens with zero attached hydrogens (tertiary/aromatic N) is 4. The summed E-state index contributed by atoms with van der Waals surface area (Å²) < 4.78 is 5.53. The van der Waals surface area contributed by atoms with Gasteiger partial charge in [0.05, 0.1) is 24.1 Å². The van der Waals surface area contributed by atoms with Crippen LogP contribution in [0.4, 0.5) is 17.3 Å². The molecule has 3 heterocycles. The average Bonchev–Trinajstić information content (AvgIpc) is 2.90. The Kier molecular flexibility index (Phi) is 3.89. The number of fused-ring (bicyclic) bond motifs is 2. The summed E-state index contributed by atoms with van der Waals surface area (Å²) in [5.74, 6) is 2.06. The zero-order valence-corrected chi connectivity index (χ0v) is 14.8. The second-order valence-electron chi connectivity index (χ2n) is 5.45. The molecule has 8 heteroatoms. The molecular weight excluding hydrogens is 336 g/mol. The van der Waals surface area contributed by atoms with Gasteiger partial charge in [0.25, 0.3) is 0 Å². The third kappa shape index (κ3) is 2.64. The number of rotatable bonds is 3. The van der Waals surface area contributed by atoms with E-state index in [9.17, 15) is 0 Å². The van der Waals surface area contributed by atoms with Gasteiger partial charge in [-0.2, -0.15) is 5.10 Å². The standard InChI is InChI=1S/C17H16N6OS/c1-9-13-16(23-22-9)20-15-11(8-18-17(21-15)25-3)14(19-13)10-6-4-5-7-12(10)24-2/h4-8H,1-3H3,(H2,18,20,21,22,23). The number of hydrogen-bond donors (Lipinski definition) is 2. The molecular formula is C17H16N6OS. The van der Waals surface area contributed by atoms with Crippen molar-refractivity contribution in [1.82, 2.24) is 20.2 Å². The quantitative estimate of drug-likeness (QED) is 0.434. The summed E-state index contributed by atoms with van der Waals surface area (Å²) in [5.41, 5.74) is 4.06. The van der Waals surface area contributed by atoms with Crippen molar-refractivity contribution in [3.63, 3.8) is 0 Å². The fourth-order valence-corrected chi connectivity index (χ4v) is 3.05. The van der Waals surface area contributed by atoms with E-state index in [0.29, 0.717) is 16.8 Å². The Bertz CT molecular complexity index is 981. The first-order valence-corrected chi connectivity index (χ1v) is 8.89. The van der Waals surface area contributed by atoms with Crippen LogP contribution in [0.3, 0.4) is 0 Å². The van der Waals surface area contributed by atoms with Crippen LogP contribution in [0.25, 0.3) is 0 Å². The number of methoxy groups -OCH3 is 1. The van der Waals surface area contributed by atoms with Crippen LogP contribution in [0.1, 0.15) is 16.8 Å². The molecule has 0 bridgehead atoms. The van der Waals surface area contributed by atoms with E-state index in [1.54, 1.807) is 13.3 Å². The lowest BCUT2D eigenvalue weighted by atomic mass is 10.0. The number of aryl methyl sites for hydroxylation is 1. The molecule has 126 valence electrons. The number of nitrogens with one attached hydrogen (secondary N) is 2. The van der Waals surface area contributed by atoms with Gasteiger partial charge in [0.1, 0.15) is 17.3 Å². The molecule has 2 aromatic heterocycles. The van der Waals surface area contributed by atoms with E-state index in [0.717, 1.165) is 34.0 Å². The minimum atomic E-state index is 0.648. The molecule has 0 aliphatic carbocycles. The lowest BCUT2D eigenvalue weighted by Gasteiger charge is -2.12. The zero-order chi connectivity index (χ0) is 17.4. The number of para-hydroxylation sites is 1. The Morgan fingerprint density at radius 2 is 1.96 bits per heavy atom. The molecule has 0 saturated carbocycles. The van der Waals surface area contributed by atoms with Gasteiger partial charge in [0.2, 0.25) is 0 Å². The van der Waals surface area contributed by atoms with Gasteiger partial charge in [-0.3, -0.25) is 5.10 Å². The Morgan fingerprint density at radius 3 is 2.76 bits per heavy atom. The molecule has 0 saturated heterocycles. The zero-order valence-electron chi connectivity index (χ0n) is 14.0. The maximum atomic E-state index is 5.53. The van der Waals surface area contributed by atoms with Gasteiger partial charge in [-0.1, -0.05) is 23.9 Å². The summed E-state index contributed by atoms with van der Waals surface area (Å²) >= 11 is 1.48. The van der Waals surface area contributed by atoms with Crippen molar-refractivity contribution in [1.29, 1.82) is 0 Å². The third-order valence-electron chi connectivity index (χ3n) is 3.94. The van der Waals surface area contributed by atoms with Crippen molar-refractivity contribution in [2.24, 2.45) is 4.99 Å². The molecule has 0 atom stereocenters. The Labute approximate surface area is 149 Å². The first kappa shape index (κ1) is 15.6. The minimum absolute atomic E-state index is 0.648.